The fraction of sp³-hybridized carbons (Fsp3) is 0.500. The Balaban J connectivity index is 1.61. The third-order valence-corrected chi connectivity index (χ3v) is 7.04. The number of imidazole rings is 1. The van der Waals surface area contributed by atoms with Gasteiger partial charge < -0.3 is 5.32 Å². The predicted molar refractivity (Wildman–Crippen MR) is 121 cm³/mol. The lowest BCUT2D eigenvalue weighted by atomic mass is 9.88. The molecule has 3 aromatic rings. The summed E-state index contributed by atoms with van der Waals surface area (Å²) >= 11 is 6.28. The molecule has 1 aliphatic rings. The van der Waals surface area contributed by atoms with Crippen molar-refractivity contribution in [3.05, 3.63) is 35.2 Å². The highest BCUT2D eigenvalue weighted by Gasteiger charge is 2.33. The number of fused-ring (bicyclic) bond motifs is 1. The summed E-state index contributed by atoms with van der Waals surface area (Å²) in [4.78, 5) is 13.1. The lowest BCUT2D eigenvalue weighted by molar-refractivity contribution is 0.186. The van der Waals surface area contributed by atoms with Gasteiger partial charge in [-0.2, -0.15) is 4.31 Å². The van der Waals surface area contributed by atoms with Crippen LogP contribution in [-0.4, -0.2) is 68.8 Å². The molecule has 1 aliphatic heterocycles. The second-order valence-electron chi connectivity index (χ2n) is 8.96. The number of nitrogens with zero attached hydrogens (tertiary/aromatic N) is 6. The minimum Gasteiger partial charge on any atom is -0.347 e. The van der Waals surface area contributed by atoms with E-state index in [1.165, 1.54) is 10.7 Å². The predicted octanol–water partition coefficient (Wildman–Crippen LogP) is 2.92. The summed E-state index contributed by atoms with van der Waals surface area (Å²) < 4.78 is 40.7. The van der Waals surface area contributed by atoms with E-state index < -0.39 is 22.2 Å². The van der Waals surface area contributed by atoms with Crippen molar-refractivity contribution in [2.75, 3.05) is 24.7 Å². The number of pyridine rings is 1. The van der Waals surface area contributed by atoms with Gasteiger partial charge in [0.1, 0.15) is 17.4 Å². The highest BCUT2D eigenvalue weighted by Crippen LogP contribution is 2.27. The summed E-state index contributed by atoms with van der Waals surface area (Å²) in [6.07, 6.45) is 3.29. The van der Waals surface area contributed by atoms with Gasteiger partial charge in [0.05, 0.1) is 18.5 Å². The average Bonchev–Trinajstić information content (AvgIpc) is 3.04. The van der Waals surface area contributed by atoms with Gasteiger partial charge in [-0.25, -0.2) is 27.3 Å². The van der Waals surface area contributed by atoms with Crippen LogP contribution in [0.25, 0.3) is 17.0 Å². The number of piperidine rings is 1. The van der Waals surface area contributed by atoms with E-state index in [0.29, 0.717) is 23.5 Å². The Morgan fingerprint density at radius 1 is 1.22 bits per heavy atom. The van der Waals surface area contributed by atoms with Crippen LogP contribution < -0.4 is 5.32 Å². The maximum atomic E-state index is 14.6. The zero-order chi connectivity index (χ0) is 23.3. The standard InChI is InChI=1S/C20H25ClFN7O2S/c1-20(2,3)12-5-6-15(23-9-12)18-26-17(21)16-10-24-19(27-29(16)18)25-14-7-8-28(11-13(14)22)32(4,30)31/h5-6,9-10,13-14H,7-8,11H2,1-4H3,(H,25,27)/t13-,14-/m1/s1. The van der Waals surface area contributed by atoms with Crippen LogP contribution in [0.2, 0.25) is 5.15 Å². The average molecular weight is 482 g/mol. The molecule has 3 aromatic heterocycles. The minimum atomic E-state index is -3.43. The fourth-order valence-electron chi connectivity index (χ4n) is 3.56. The Morgan fingerprint density at radius 2 is 1.97 bits per heavy atom. The molecule has 0 aliphatic carbocycles. The Kier molecular flexibility index (Phi) is 5.84. The first-order chi connectivity index (χ1) is 14.9. The minimum absolute atomic E-state index is 0.0350. The number of sulfonamides is 1. The molecule has 1 fully saturated rings. The van der Waals surface area contributed by atoms with E-state index >= 15 is 0 Å². The van der Waals surface area contributed by atoms with Crippen molar-refractivity contribution < 1.29 is 12.8 Å². The van der Waals surface area contributed by atoms with E-state index in [4.69, 9.17) is 11.6 Å². The largest absolute Gasteiger partial charge is 0.347 e. The molecule has 2 atom stereocenters. The van der Waals surface area contributed by atoms with Gasteiger partial charge in [0.2, 0.25) is 16.0 Å². The molecule has 9 nitrogen and oxygen atoms in total. The number of nitrogens with one attached hydrogen (secondary N) is 1. The summed E-state index contributed by atoms with van der Waals surface area (Å²) in [6.45, 7) is 6.34. The van der Waals surface area contributed by atoms with Crippen LogP contribution in [0, 0.1) is 0 Å². The van der Waals surface area contributed by atoms with Gasteiger partial charge in [-0.3, -0.25) is 4.98 Å². The number of rotatable bonds is 4. The smallest absolute Gasteiger partial charge is 0.241 e. The van der Waals surface area contributed by atoms with E-state index in [1.54, 1.807) is 6.20 Å². The lowest BCUT2D eigenvalue weighted by Gasteiger charge is -2.33. The number of hydrogen-bond acceptors (Lipinski definition) is 7. The SMILES string of the molecule is CC(C)(C)c1ccc(-c2nc(Cl)c3cnc(N[C@@H]4CCN(S(C)(=O)=O)C[C@H]4F)nn23)nc1. The van der Waals surface area contributed by atoms with E-state index in [2.05, 4.69) is 46.1 Å². The highest BCUT2D eigenvalue weighted by molar-refractivity contribution is 7.88. The van der Waals surface area contributed by atoms with E-state index in [-0.39, 0.29) is 29.6 Å². The quantitative estimate of drug-likeness (QED) is 0.610. The number of aromatic nitrogens is 5. The summed E-state index contributed by atoms with van der Waals surface area (Å²) in [5.41, 5.74) is 2.14. The van der Waals surface area contributed by atoms with Crippen LogP contribution in [-0.2, 0) is 15.4 Å². The first-order valence-electron chi connectivity index (χ1n) is 10.2. The lowest BCUT2D eigenvalue weighted by Crippen LogP contribution is -2.49. The van der Waals surface area contributed by atoms with Gasteiger partial charge in [0, 0.05) is 19.3 Å². The van der Waals surface area contributed by atoms with Crippen molar-refractivity contribution in [1.29, 1.82) is 0 Å². The molecule has 1 saturated heterocycles. The molecule has 0 bridgehead atoms. The van der Waals surface area contributed by atoms with Gasteiger partial charge in [0.15, 0.2) is 11.0 Å². The molecule has 4 rings (SSSR count). The Labute approximate surface area is 191 Å². The van der Waals surface area contributed by atoms with Crippen LogP contribution in [0.1, 0.15) is 32.8 Å². The van der Waals surface area contributed by atoms with Gasteiger partial charge in [0.25, 0.3) is 0 Å². The van der Waals surface area contributed by atoms with E-state index in [9.17, 15) is 12.8 Å². The molecule has 12 heteroatoms. The maximum Gasteiger partial charge on any atom is 0.241 e. The molecule has 0 aromatic carbocycles. The molecule has 0 radical (unpaired) electrons. The molecule has 32 heavy (non-hydrogen) atoms. The number of hydrogen-bond donors (Lipinski definition) is 1. The van der Waals surface area contributed by atoms with Crippen molar-refractivity contribution in [3.63, 3.8) is 0 Å². The topological polar surface area (TPSA) is 105 Å². The summed E-state index contributed by atoms with van der Waals surface area (Å²) in [7, 11) is -3.43. The van der Waals surface area contributed by atoms with Gasteiger partial charge in [-0.1, -0.05) is 38.4 Å². The number of alkyl halides is 1. The van der Waals surface area contributed by atoms with Crippen molar-refractivity contribution in [3.8, 4) is 11.5 Å². The summed E-state index contributed by atoms with van der Waals surface area (Å²) in [5, 5.41) is 7.66. The summed E-state index contributed by atoms with van der Waals surface area (Å²) in [5.74, 6) is 0.638. The van der Waals surface area contributed by atoms with E-state index in [0.717, 1.165) is 16.1 Å². The first kappa shape index (κ1) is 22.8. The Bertz CT molecular complexity index is 1240. The molecule has 4 heterocycles. The van der Waals surface area contributed by atoms with Gasteiger partial charge in [-0.05, 0) is 23.5 Å². The number of anilines is 1. The summed E-state index contributed by atoms with van der Waals surface area (Å²) in [6, 6.07) is 3.23. The molecule has 0 unspecified atom stereocenters. The second kappa shape index (κ2) is 8.20. The van der Waals surface area contributed by atoms with Crippen LogP contribution in [0.15, 0.2) is 24.5 Å². The van der Waals surface area contributed by atoms with Crippen LogP contribution in [0.5, 0.6) is 0 Å². The maximum absolute atomic E-state index is 14.6. The number of halogens is 2. The molecule has 0 amide bonds. The molecular weight excluding hydrogens is 457 g/mol. The molecule has 0 saturated carbocycles. The van der Waals surface area contributed by atoms with Crippen LogP contribution in [0.4, 0.5) is 10.3 Å². The first-order valence-corrected chi connectivity index (χ1v) is 12.4. The van der Waals surface area contributed by atoms with Gasteiger partial charge >= 0.3 is 0 Å². The Hall–Kier alpha value is -2.37. The van der Waals surface area contributed by atoms with E-state index in [1.807, 2.05) is 12.1 Å². The monoisotopic (exact) mass is 481 g/mol. The highest BCUT2D eigenvalue weighted by atomic mass is 35.5. The molecule has 1 N–H and O–H groups in total. The molecule has 172 valence electrons. The Morgan fingerprint density at radius 3 is 2.56 bits per heavy atom. The normalized spacial score (nSPS) is 20.6. The van der Waals surface area contributed by atoms with Crippen molar-refractivity contribution in [1.82, 2.24) is 28.9 Å². The third kappa shape index (κ3) is 4.55. The van der Waals surface area contributed by atoms with Crippen molar-refractivity contribution in [2.45, 2.75) is 44.8 Å². The van der Waals surface area contributed by atoms with Crippen LogP contribution in [0.3, 0.4) is 0 Å². The van der Waals surface area contributed by atoms with Gasteiger partial charge in [-0.15, -0.1) is 5.10 Å². The molecular formula is C20H25ClFN7O2S. The molecule has 0 spiro atoms. The second-order valence-corrected chi connectivity index (χ2v) is 11.3. The fourth-order valence-corrected chi connectivity index (χ4v) is 4.62. The zero-order valence-electron chi connectivity index (χ0n) is 18.2. The van der Waals surface area contributed by atoms with Crippen molar-refractivity contribution in [2.24, 2.45) is 0 Å². The zero-order valence-corrected chi connectivity index (χ0v) is 19.8. The third-order valence-electron chi connectivity index (χ3n) is 5.49. The van der Waals surface area contributed by atoms with Crippen LogP contribution >= 0.6 is 11.6 Å². The van der Waals surface area contributed by atoms with Crippen molar-refractivity contribution >= 4 is 33.1 Å².